The summed E-state index contributed by atoms with van der Waals surface area (Å²) in [6.07, 6.45) is 4.91. The Balaban J connectivity index is 1.49. The highest BCUT2D eigenvalue weighted by molar-refractivity contribution is 7.20. The SMILES string of the molecule is O=CN(c1ccc(NC(=O)CCN2CCCCC2)s1)C1COCCN1. The van der Waals surface area contributed by atoms with Crippen molar-refractivity contribution in [1.29, 1.82) is 0 Å². The largest absolute Gasteiger partial charge is 0.377 e. The van der Waals surface area contributed by atoms with Gasteiger partial charge in [-0.2, -0.15) is 0 Å². The Hall–Kier alpha value is -1.48. The van der Waals surface area contributed by atoms with Gasteiger partial charge in [0, 0.05) is 19.5 Å². The van der Waals surface area contributed by atoms with Crippen LogP contribution >= 0.6 is 11.3 Å². The zero-order chi connectivity index (χ0) is 17.5. The lowest BCUT2D eigenvalue weighted by atomic mass is 10.1. The van der Waals surface area contributed by atoms with Gasteiger partial charge in [0.05, 0.1) is 18.2 Å². The maximum Gasteiger partial charge on any atom is 0.226 e. The molecule has 1 aromatic rings. The standard InChI is InChI=1S/C17H26N4O3S/c22-13-21(14-12-24-11-7-18-14)17-5-4-16(25-17)19-15(23)6-10-20-8-2-1-3-9-20/h4-5,13-14,18H,1-3,6-12H2,(H,19,23). The number of thiophene rings is 1. The Morgan fingerprint density at radius 2 is 2.24 bits per heavy atom. The summed E-state index contributed by atoms with van der Waals surface area (Å²) >= 11 is 1.40. The van der Waals surface area contributed by atoms with E-state index in [0.717, 1.165) is 42.6 Å². The maximum atomic E-state index is 12.2. The van der Waals surface area contributed by atoms with Gasteiger partial charge in [0.2, 0.25) is 12.3 Å². The number of carbonyl (C=O) groups is 2. The Morgan fingerprint density at radius 1 is 1.40 bits per heavy atom. The predicted octanol–water partition coefficient (Wildman–Crippen LogP) is 1.47. The molecule has 0 spiro atoms. The van der Waals surface area contributed by atoms with Crippen molar-refractivity contribution in [2.45, 2.75) is 31.8 Å². The second kappa shape index (κ2) is 9.28. The maximum absolute atomic E-state index is 12.2. The highest BCUT2D eigenvalue weighted by Crippen LogP contribution is 2.30. The summed E-state index contributed by atoms with van der Waals surface area (Å²) in [5.41, 5.74) is 0. The molecule has 0 saturated carbocycles. The van der Waals surface area contributed by atoms with Crippen LogP contribution in [0.2, 0.25) is 0 Å². The van der Waals surface area contributed by atoms with E-state index < -0.39 is 0 Å². The number of nitrogens with zero attached hydrogens (tertiary/aromatic N) is 2. The average Bonchev–Trinajstić information content (AvgIpc) is 3.10. The van der Waals surface area contributed by atoms with E-state index in [1.165, 1.54) is 30.6 Å². The molecule has 138 valence electrons. The van der Waals surface area contributed by atoms with Crippen LogP contribution in [0.1, 0.15) is 25.7 Å². The number of morpholine rings is 1. The molecule has 2 fully saturated rings. The first kappa shape index (κ1) is 18.3. The Morgan fingerprint density at radius 3 is 2.96 bits per heavy atom. The van der Waals surface area contributed by atoms with Crippen molar-refractivity contribution in [1.82, 2.24) is 10.2 Å². The lowest BCUT2D eigenvalue weighted by Gasteiger charge is -2.31. The monoisotopic (exact) mass is 366 g/mol. The fraction of sp³-hybridized carbons (Fsp3) is 0.647. The molecule has 1 unspecified atom stereocenters. The van der Waals surface area contributed by atoms with Crippen LogP contribution in [0, 0.1) is 0 Å². The van der Waals surface area contributed by atoms with Gasteiger partial charge in [-0.05, 0) is 38.1 Å². The van der Waals surface area contributed by atoms with E-state index in [-0.39, 0.29) is 12.1 Å². The molecule has 0 radical (unpaired) electrons. The molecule has 2 aliphatic rings. The number of anilines is 2. The molecule has 2 aliphatic heterocycles. The first-order valence-electron chi connectivity index (χ1n) is 8.93. The summed E-state index contributed by atoms with van der Waals surface area (Å²) in [4.78, 5) is 27.6. The first-order chi connectivity index (χ1) is 12.3. The number of ether oxygens (including phenoxy) is 1. The summed E-state index contributed by atoms with van der Waals surface area (Å²) in [7, 11) is 0. The fourth-order valence-corrected chi connectivity index (χ4v) is 4.12. The van der Waals surface area contributed by atoms with E-state index >= 15 is 0 Å². The van der Waals surface area contributed by atoms with Crippen molar-refractivity contribution in [3.05, 3.63) is 12.1 Å². The van der Waals surface area contributed by atoms with Crippen LogP contribution in [0.5, 0.6) is 0 Å². The van der Waals surface area contributed by atoms with E-state index in [1.54, 1.807) is 4.90 Å². The summed E-state index contributed by atoms with van der Waals surface area (Å²) in [5.74, 6) is 0.0238. The topological polar surface area (TPSA) is 73.9 Å². The predicted molar refractivity (Wildman–Crippen MR) is 99.0 cm³/mol. The lowest BCUT2D eigenvalue weighted by Crippen LogP contribution is -2.52. The van der Waals surface area contributed by atoms with E-state index in [0.29, 0.717) is 19.6 Å². The van der Waals surface area contributed by atoms with Gasteiger partial charge in [-0.1, -0.05) is 6.42 Å². The van der Waals surface area contributed by atoms with E-state index in [2.05, 4.69) is 15.5 Å². The molecular formula is C17H26N4O3S. The zero-order valence-corrected chi connectivity index (χ0v) is 15.2. The first-order valence-corrected chi connectivity index (χ1v) is 9.75. The van der Waals surface area contributed by atoms with E-state index in [4.69, 9.17) is 4.74 Å². The molecule has 2 N–H and O–H groups in total. The molecule has 0 aliphatic carbocycles. The van der Waals surface area contributed by atoms with Crippen LogP contribution in [-0.2, 0) is 14.3 Å². The molecule has 2 amide bonds. The molecule has 1 atom stereocenters. The molecule has 3 heterocycles. The van der Waals surface area contributed by atoms with Gasteiger partial charge in [0.25, 0.3) is 0 Å². The number of likely N-dealkylation sites (tertiary alicyclic amines) is 1. The van der Waals surface area contributed by atoms with Gasteiger partial charge in [-0.15, -0.1) is 11.3 Å². The summed E-state index contributed by atoms with van der Waals surface area (Å²) < 4.78 is 5.41. The molecule has 7 nitrogen and oxygen atoms in total. The Kier molecular flexibility index (Phi) is 6.80. The molecule has 3 rings (SSSR count). The number of amides is 2. The van der Waals surface area contributed by atoms with Crippen molar-refractivity contribution in [2.24, 2.45) is 0 Å². The van der Waals surface area contributed by atoms with Crippen LogP contribution in [0.4, 0.5) is 10.0 Å². The number of piperidine rings is 1. The fourth-order valence-electron chi connectivity index (χ4n) is 3.19. The molecule has 0 aromatic carbocycles. The van der Waals surface area contributed by atoms with Crippen LogP contribution in [0.15, 0.2) is 12.1 Å². The van der Waals surface area contributed by atoms with Crippen molar-refractivity contribution in [3.8, 4) is 0 Å². The third-order valence-electron chi connectivity index (χ3n) is 4.56. The van der Waals surface area contributed by atoms with Gasteiger partial charge in [-0.3, -0.25) is 19.8 Å². The molecular weight excluding hydrogens is 340 g/mol. The third-order valence-corrected chi connectivity index (χ3v) is 5.58. The highest BCUT2D eigenvalue weighted by Gasteiger charge is 2.22. The number of rotatable bonds is 7. The second-order valence-corrected chi connectivity index (χ2v) is 7.46. The molecule has 25 heavy (non-hydrogen) atoms. The minimum Gasteiger partial charge on any atom is -0.377 e. The second-order valence-electron chi connectivity index (χ2n) is 6.40. The summed E-state index contributed by atoms with van der Waals surface area (Å²) in [5, 5.41) is 7.76. The molecule has 2 saturated heterocycles. The van der Waals surface area contributed by atoms with Gasteiger partial charge in [0.15, 0.2) is 0 Å². The van der Waals surface area contributed by atoms with Gasteiger partial charge in [0.1, 0.15) is 11.2 Å². The number of carbonyl (C=O) groups excluding carboxylic acids is 2. The van der Waals surface area contributed by atoms with Crippen LogP contribution in [-0.4, -0.2) is 62.8 Å². The zero-order valence-electron chi connectivity index (χ0n) is 14.4. The van der Waals surface area contributed by atoms with Gasteiger partial charge >= 0.3 is 0 Å². The number of hydrogen-bond acceptors (Lipinski definition) is 6. The Bertz CT molecular complexity index is 568. The number of hydrogen-bond donors (Lipinski definition) is 2. The molecule has 1 aromatic heterocycles. The normalized spacial score (nSPS) is 21.7. The van der Waals surface area contributed by atoms with Gasteiger partial charge in [-0.25, -0.2) is 0 Å². The third kappa shape index (κ3) is 5.24. The van der Waals surface area contributed by atoms with Crippen LogP contribution in [0.3, 0.4) is 0 Å². The Labute approximate surface area is 152 Å². The lowest BCUT2D eigenvalue weighted by molar-refractivity contribution is -0.116. The minimum absolute atomic E-state index is 0.0238. The quantitative estimate of drug-likeness (QED) is 0.715. The molecule has 0 bridgehead atoms. The summed E-state index contributed by atoms with van der Waals surface area (Å²) in [6, 6.07) is 3.70. The van der Waals surface area contributed by atoms with Crippen molar-refractivity contribution in [3.63, 3.8) is 0 Å². The summed E-state index contributed by atoms with van der Waals surface area (Å²) in [6.45, 7) is 4.86. The van der Waals surface area contributed by atoms with Crippen molar-refractivity contribution < 1.29 is 14.3 Å². The van der Waals surface area contributed by atoms with Gasteiger partial charge < -0.3 is 15.0 Å². The van der Waals surface area contributed by atoms with Crippen molar-refractivity contribution in [2.75, 3.05) is 49.6 Å². The average molecular weight is 366 g/mol. The smallest absolute Gasteiger partial charge is 0.226 e. The highest BCUT2D eigenvalue weighted by atomic mass is 32.1. The number of nitrogens with one attached hydrogen (secondary N) is 2. The van der Waals surface area contributed by atoms with E-state index in [1.807, 2.05) is 12.1 Å². The molecule has 8 heteroatoms. The van der Waals surface area contributed by atoms with Crippen molar-refractivity contribution >= 4 is 33.7 Å². The van der Waals surface area contributed by atoms with Crippen LogP contribution < -0.4 is 15.5 Å². The van der Waals surface area contributed by atoms with E-state index in [9.17, 15) is 9.59 Å². The minimum atomic E-state index is -0.160. The van der Waals surface area contributed by atoms with Crippen LogP contribution in [0.25, 0.3) is 0 Å².